The fourth-order valence-corrected chi connectivity index (χ4v) is 7.64. The normalized spacial score (nSPS) is 21.2. The van der Waals surface area contributed by atoms with Gasteiger partial charge in [0.2, 0.25) is 0 Å². The number of rotatable bonds is 2. The van der Waals surface area contributed by atoms with Crippen LogP contribution in [0.2, 0.25) is 5.02 Å². The summed E-state index contributed by atoms with van der Waals surface area (Å²) in [5.41, 5.74) is -1.41. The molecule has 0 radical (unpaired) electrons. The number of halogens is 4. The van der Waals surface area contributed by atoms with Crippen molar-refractivity contribution in [2.75, 3.05) is 23.7 Å². The van der Waals surface area contributed by atoms with E-state index in [1.165, 1.54) is 4.57 Å². The molecular formula is C29H31ClF3N7O3S. The zero-order valence-corrected chi connectivity index (χ0v) is 26.3. The molecule has 44 heavy (non-hydrogen) atoms. The molecule has 4 aromatic rings. The molecule has 1 amide bonds. The molecule has 5 heterocycles. The Morgan fingerprint density at radius 3 is 2.50 bits per heavy atom. The van der Waals surface area contributed by atoms with E-state index in [1.807, 2.05) is 19.9 Å². The number of piperazine rings is 1. The largest absolute Gasteiger partial charge is 0.444 e. The maximum atomic E-state index is 14.4. The van der Waals surface area contributed by atoms with E-state index in [0.29, 0.717) is 16.9 Å². The molecule has 15 heteroatoms. The third-order valence-electron chi connectivity index (χ3n) is 7.78. The minimum atomic E-state index is -4.75. The number of carbonyl (C=O) groups is 1. The van der Waals surface area contributed by atoms with Crippen LogP contribution >= 0.6 is 23.4 Å². The standard InChI is InChI=1S/C29H31ClF3N7O3S/c1-15-11-37(12-16(2)39(15)27(42)43-28(3,4)5)25-19-9-20(29(31,32)33)21(30)23-22(19)38(26(41)36-25)13-18(14-44-23)40-24-17(10-35-40)7-6-8-34-24/h6-10,15-16,18H,11-14H2,1-5H3/t15-,16-,18+/m1/s1. The van der Waals surface area contributed by atoms with Crippen molar-refractivity contribution in [1.82, 2.24) is 29.2 Å². The Hall–Kier alpha value is -3.52. The molecule has 0 spiro atoms. The lowest BCUT2D eigenvalue weighted by Gasteiger charge is -2.45. The van der Waals surface area contributed by atoms with Crippen molar-refractivity contribution in [3.63, 3.8) is 0 Å². The maximum absolute atomic E-state index is 14.4. The zero-order valence-electron chi connectivity index (χ0n) is 24.7. The topological polar surface area (TPSA) is 98.4 Å². The van der Waals surface area contributed by atoms with Crippen molar-refractivity contribution in [1.29, 1.82) is 0 Å². The Morgan fingerprint density at radius 2 is 1.84 bits per heavy atom. The number of anilines is 1. The first-order valence-corrected chi connectivity index (χ1v) is 15.5. The van der Waals surface area contributed by atoms with Crippen molar-refractivity contribution in [2.24, 2.45) is 0 Å². The molecular weight excluding hydrogens is 619 g/mol. The quantitative estimate of drug-likeness (QED) is 0.261. The van der Waals surface area contributed by atoms with Crippen LogP contribution in [0.25, 0.3) is 21.9 Å². The van der Waals surface area contributed by atoms with Crippen LogP contribution in [0.3, 0.4) is 0 Å². The summed E-state index contributed by atoms with van der Waals surface area (Å²) in [4.78, 5) is 39.1. The predicted molar refractivity (Wildman–Crippen MR) is 163 cm³/mol. The Bertz CT molecular complexity index is 1830. The van der Waals surface area contributed by atoms with Gasteiger partial charge in [-0.05, 0) is 52.8 Å². The summed E-state index contributed by atoms with van der Waals surface area (Å²) in [5, 5.41) is 5.00. The number of thioether (sulfide) groups is 1. The van der Waals surface area contributed by atoms with E-state index in [4.69, 9.17) is 16.3 Å². The predicted octanol–water partition coefficient (Wildman–Crippen LogP) is 5.99. The van der Waals surface area contributed by atoms with Gasteiger partial charge in [0.25, 0.3) is 0 Å². The van der Waals surface area contributed by atoms with E-state index in [9.17, 15) is 22.8 Å². The average Bonchev–Trinajstić information content (AvgIpc) is 3.23. The van der Waals surface area contributed by atoms with Crippen molar-refractivity contribution in [3.05, 3.63) is 51.7 Å². The van der Waals surface area contributed by atoms with Gasteiger partial charge in [-0.3, -0.25) is 9.47 Å². The SMILES string of the molecule is C[C@@H]1CN(c2nc(=O)n3c4c(c(Cl)c(C(F)(F)F)cc24)SC[C@@H](n2ncc4cccnc42)C3)C[C@@H](C)N1C(=O)OC(C)(C)C. The van der Waals surface area contributed by atoms with Crippen molar-refractivity contribution in [3.8, 4) is 0 Å². The van der Waals surface area contributed by atoms with E-state index >= 15 is 0 Å². The van der Waals surface area contributed by atoms with Gasteiger partial charge in [0.1, 0.15) is 11.4 Å². The van der Waals surface area contributed by atoms with Gasteiger partial charge < -0.3 is 9.64 Å². The smallest absolute Gasteiger partial charge is 0.417 e. The van der Waals surface area contributed by atoms with Crippen LogP contribution in [0.5, 0.6) is 0 Å². The molecule has 0 N–H and O–H groups in total. The van der Waals surface area contributed by atoms with Crippen molar-refractivity contribution >= 4 is 57.2 Å². The van der Waals surface area contributed by atoms with Crippen LogP contribution in [0.1, 0.15) is 46.2 Å². The second-order valence-electron chi connectivity index (χ2n) is 12.3. The minimum absolute atomic E-state index is 0.108. The van der Waals surface area contributed by atoms with Gasteiger partial charge in [-0.1, -0.05) is 11.6 Å². The fourth-order valence-electron chi connectivity index (χ4n) is 6.03. The molecule has 3 aromatic heterocycles. The van der Waals surface area contributed by atoms with Crippen LogP contribution in [0, 0.1) is 0 Å². The number of benzene rings is 1. The van der Waals surface area contributed by atoms with Crippen LogP contribution in [-0.2, 0) is 17.5 Å². The van der Waals surface area contributed by atoms with Gasteiger partial charge in [-0.15, -0.1) is 11.8 Å². The molecule has 0 unspecified atom stereocenters. The molecule has 6 rings (SSSR count). The van der Waals surface area contributed by atoms with Gasteiger partial charge in [0.05, 0.1) is 51.9 Å². The molecule has 1 aromatic carbocycles. The molecule has 3 atom stereocenters. The minimum Gasteiger partial charge on any atom is -0.444 e. The van der Waals surface area contributed by atoms with Crippen LogP contribution in [0.15, 0.2) is 40.3 Å². The van der Waals surface area contributed by atoms with E-state index in [-0.39, 0.29) is 47.8 Å². The Balaban J connectivity index is 1.47. The third-order valence-corrected chi connectivity index (χ3v) is 9.52. The van der Waals surface area contributed by atoms with Gasteiger partial charge in [0.15, 0.2) is 5.65 Å². The van der Waals surface area contributed by atoms with Crippen molar-refractivity contribution in [2.45, 2.75) is 76.0 Å². The lowest BCUT2D eigenvalue weighted by atomic mass is 10.1. The first kappa shape index (κ1) is 30.5. The van der Waals surface area contributed by atoms with Crippen LogP contribution in [-0.4, -0.2) is 71.8 Å². The number of aromatic nitrogens is 5. The van der Waals surface area contributed by atoms with E-state index in [2.05, 4.69) is 15.1 Å². The molecule has 234 valence electrons. The summed E-state index contributed by atoms with van der Waals surface area (Å²) in [5.74, 6) is 0.417. The highest BCUT2D eigenvalue weighted by Crippen LogP contribution is 2.47. The summed E-state index contributed by atoms with van der Waals surface area (Å²) in [6, 6.07) is 3.46. The number of amides is 1. The molecule has 2 aliphatic heterocycles. The third kappa shape index (κ3) is 5.35. The highest BCUT2D eigenvalue weighted by molar-refractivity contribution is 7.99. The lowest BCUT2D eigenvalue weighted by Crippen LogP contribution is -2.59. The molecule has 0 aliphatic carbocycles. The number of hydrogen-bond donors (Lipinski definition) is 0. The summed E-state index contributed by atoms with van der Waals surface area (Å²) in [7, 11) is 0. The molecule has 1 fully saturated rings. The molecule has 2 aliphatic rings. The second kappa shape index (κ2) is 10.8. The number of alkyl halides is 3. The van der Waals surface area contributed by atoms with E-state index in [0.717, 1.165) is 23.2 Å². The lowest BCUT2D eigenvalue weighted by molar-refractivity contribution is -0.137. The number of nitrogens with zero attached hydrogens (tertiary/aromatic N) is 7. The monoisotopic (exact) mass is 649 g/mol. The number of ether oxygens (including phenoxy) is 1. The first-order chi connectivity index (χ1) is 20.6. The fraction of sp³-hybridized carbons (Fsp3) is 0.483. The number of carbonyl (C=O) groups excluding carboxylic acids is 1. The number of pyridine rings is 1. The average molecular weight is 650 g/mol. The maximum Gasteiger partial charge on any atom is 0.417 e. The highest BCUT2D eigenvalue weighted by Gasteiger charge is 2.40. The highest BCUT2D eigenvalue weighted by atomic mass is 35.5. The Kier molecular flexibility index (Phi) is 7.51. The molecule has 0 saturated carbocycles. The summed E-state index contributed by atoms with van der Waals surface area (Å²) in [6.45, 7) is 9.57. The first-order valence-electron chi connectivity index (χ1n) is 14.2. The summed E-state index contributed by atoms with van der Waals surface area (Å²) >= 11 is 7.63. The van der Waals surface area contributed by atoms with Gasteiger partial charge in [-0.2, -0.15) is 23.3 Å². The van der Waals surface area contributed by atoms with E-state index in [1.54, 1.807) is 53.7 Å². The second-order valence-corrected chi connectivity index (χ2v) is 13.7. The van der Waals surface area contributed by atoms with Gasteiger partial charge in [-0.25, -0.2) is 19.3 Å². The summed E-state index contributed by atoms with van der Waals surface area (Å²) in [6.07, 6.45) is -1.92. The molecule has 10 nitrogen and oxygen atoms in total. The summed E-state index contributed by atoms with van der Waals surface area (Å²) < 4.78 is 51.8. The van der Waals surface area contributed by atoms with Crippen LogP contribution in [0.4, 0.5) is 23.8 Å². The number of fused-ring (bicyclic) bond motifs is 1. The Morgan fingerprint density at radius 1 is 1.14 bits per heavy atom. The molecule has 1 saturated heterocycles. The number of hydrogen-bond acceptors (Lipinski definition) is 8. The Labute approximate surface area is 260 Å². The molecule has 0 bridgehead atoms. The van der Waals surface area contributed by atoms with Gasteiger partial charge >= 0.3 is 18.0 Å². The zero-order chi connectivity index (χ0) is 31.7. The van der Waals surface area contributed by atoms with Crippen molar-refractivity contribution < 1.29 is 22.7 Å². The van der Waals surface area contributed by atoms with E-state index < -0.39 is 40.2 Å². The van der Waals surface area contributed by atoms with Crippen LogP contribution < -0.4 is 10.6 Å². The van der Waals surface area contributed by atoms with Gasteiger partial charge in [0, 0.05) is 35.8 Å².